The van der Waals surface area contributed by atoms with Crippen LogP contribution in [0.2, 0.25) is 0 Å². The fourth-order valence-corrected chi connectivity index (χ4v) is 11.3. The SMILES string of the molecule is CC[C@H](C)[C@H](NC(=O)[C@H](Cc1c[nH]c2ccccc12)NC(=O)[C@@H](NC(=O)[C@@H](N)CO)C(C)C)C(=O)N1CCC[C@H]1C(=O)N[C@H](C(=O)N[C@@H](CC(N)=O)C(=O)N[C@@H](CCC(=O)O)C(=O)NCC(=O)N[C@@H](C)C(=O)N[C@@H](CO)C(=O)N[C@H](C(=O)N[C@@H](CO)C(=O)NCC(=O)N[C@@H](CCSC)C(=O)O)[C@@H](C)O)C(C)C. The predicted molar refractivity (Wildman–Crippen MR) is 381 cm³/mol. The van der Waals surface area contributed by atoms with E-state index in [0.717, 1.165) is 24.8 Å². The normalized spacial score (nSPS) is 16.6. The largest absolute Gasteiger partial charge is 0.481 e. The van der Waals surface area contributed by atoms with E-state index in [1.54, 1.807) is 64.4 Å². The zero-order chi connectivity index (χ0) is 80.7. The van der Waals surface area contributed by atoms with Crippen molar-refractivity contribution in [1.29, 1.82) is 0 Å². The molecule has 0 unspecified atom stereocenters. The molecule has 1 aliphatic heterocycles. The van der Waals surface area contributed by atoms with Gasteiger partial charge in [-0.15, -0.1) is 0 Å². The lowest BCUT2D eigenvalue weighted by atomic mass is 9.95. The van der Waals surface area contributed by atoms with E-state index in [2.05, 4.69) is 74.1 Å². The van der Waals surface area contributed by atoms with Crippen LogP contribution in [0.25, 0.3) is 10.9 Å². The molecular weight excluding hydrogens is 1430 g/mol. The van der Waals surface area contributed by atoms with Crippen LogP contribution in [-0.2, 0) is 87.9 Å². The number of primary amides is 1. The molecule has 0 aliphatic carbocycles. The number of nitrogens with one attached hydrogen (secondary N) is 14. The zero-order valence-electron chi connectivity index (χ0n) is 60.9. The molecule has 2 aromatic rings. The van der Waals surface area contributed by atoms with Crippen molar-refractivity contribution in [3.05, 3.63) is 36.0 Å². The van der Waals surface area contributed by atoms with Gasteiger partial charge >= 0.3 is 11.9 Å². The van der Waals surface area contributed by atoms with Crippen molar-refractivity contribution in [2.24, 2.45) is 29.2 Å². The number of amides is 15. The van der Waals surface area contributed by atoms with Crippen molar-refractivity contribution in [1.82, 2.24) is 79.0 Å². The lowest BCUT2D eigenvalue weighted by molar-refractivity contribution is -0.144. The molecule has 0 bridgehead atoms. The maximum Gasteiger partial charge on any atom is 0.326 e. The van der Waals surface area contributed by atoms with Gasteiger partial charge in [-0.1, -0.05) is 66.2 Å². The standard InChI is InChI=1S/C66H103N17O23S/c1-10-32(6)52(81-59(98)41(22-35-24-69-38-15-12-11-14-36(35)38)75-62(101)50(30(2)3)79-55(94)37(67)27-84)65(104)83-20-13-16-45(83)61(100)80-51(31(4)5)63(102)76-42(23-46(68)88)58(97)74-39(17-18-49(91)92)56(95)70-25-47(89)72-33(7)54(93)77-44(29-86)60(99)82-53(34(8)87)64(103)78-43(28-85)57(96)71-26-48(90)73-40(66(105)106)19-21-107-9/h11-12,14-15,24,30-34,37,39-45,50-53,69,84-87H,10,13,16-23,25-29,67H2,1-9H3,(H2,68,88)(H,70,95)(H,71,96)(H,72,89)(H,73,90)(H,74,97)(H,75,101)(H,76,102)(H,77,93)(H,78,103)(H,79,94)(H,80,100)(H,81,98)(H,82,99)(H,91,92)(H,105,106)/t32-,33-,34+,37-,39-,40-,41-,42-,43-,44-,45-,50-,51-,52-,53-/m0/s1. The minimum absolute atomic E-state index is 0.0154. The highest BCUT2D eigenvalue weighted by Gasteiger charge is 2.43. The van der Waals surface area contributed by atoms with E-state index in [9.17, 15) is 112 Å². The van der Waals surface area contributed by atoms with Gasteiger partial charge in [-0.3, -0.25) is 76.7 Å². The quantitative estimate of drug-likeness (QED) is 0.0293. The van der Waals surface area contributed by atoms with E-state index < -0.39 is 255 Å². The summed E-state index contributed by atoms with van der Waals surface area (Å²) in [7, 11) is 0. The fourth-order valence-electron chi connectivity index (χ4n) is 10.8. The van der Waals surface area contributed by atoms with E-state index in [1.807, 2.05) is 0 Å². The molecule has 15 amide bonds. The fraction of sp³-hybridized carbons (Fsp3) is 0.621. The molecule has 15 atom stereocenters. The zero-order valence-corrected chi connectivity index (χ0v) is 61.8. The second-order valence-electron chi connectivity index (χ2n) is 26.3. The van der Waals surface area contributed by atoms with Crippen molar-refractivity contribution >= 4 is 123 Å². The summed E-state index contributed by atoms with van der Waals surface area (Å²) < 4.78 is 0. The highest BCUT2D eigenvalue weighted by atomic mass is 32.2. The summed E-state index contributed by atoms with van der Waals surface area (Å²) in [6, 6.07) is -13.0. The number of thioether (sulfide) groups is 1. The van der Waals surface area contributed by atoms with Gasteiger partial charge in [0.05, 0.1) is 45.4 Å². The number of H-pyrrole nitrogens is 1. The number of nitrogens with two attached hydrogens (primary N) is 2. The van der Waals surface area contributed by atoms with Gasteiger partial charge in [-0.2, -0.15) is 11.8 Å². The van der Waals surface area contributed by atoms with Gasteiger partial charge in [0.15, 0.2) is 0 Å². The van der Waals surface area contributed by atoms with Gasteiger partial charge in [-0.05, 0) is 80.9 Å². The number of para-hydroxylation sites is 1. The van der Waals surface area contributed by atoms with Crippen LogP contribution in [0.5, 0.6) is 0 Å². The molecule has 596 valence electrons. The summed E-state index contributed by atoms with van der Waals surface area (Å²) in [4.78, 5) is 231. The monoisotopic (exact) mass is 1530 g/mol. The summed E-state index contributed by atoms with van der Waals surface area (Å²) in [6.07, 6.45) is -0.0812. The van der Waals surface area contributed by atoms with E-state index in [0.29, 0.717) is 17.7 Å². The highest BCUT2D eigenvalue weighted by molar-refractivity contribution is 7.98. The molecule has 41 heteroatoms. The van der Waals surface area contributed by atoms with Crippen LogP contribution in [-0.4, -0.2) is 277 Å². The number of carboxylic acids is 2. The number of aliphatic hydroxyl groups is 4. The molecule has 1 aliphatic rings. The number of benzene rings is 1. The lowest BCUT2D eigenvalue weighted by Gasteiger charge is -2.33. The van der Waals surface area contributed by atoms with Gasteiger partial charge in [-0.25, -0.2) is 4.79 Å². The van der Waals surface area contributed by atoms with Gasteiger partial charge < -0.3 is 121 Å². The Labute approximate surface area is 620 Å². The summed E-state index contributed by atoms with van der Waals surface area (Å²) >= 11 is 1.33. The molecular formula is C66H103N17O23S. The first-order chi connectivity index (χ1) is 50.3. The maximum absolute atomic E-state index is 14.8. The number of carbonyl (C=O) groups excluding carboxylic acids is 15. The minimum Gasteiger partial charge on any atom is -0.481 e. The Morgan fingerprint density at radius 2 is 1.07 bits per heavy atom. The molecule has 40 nitrogen and oxygen atoms in total. The van der Waals surface area contributed by atoms with E-state index in [4.69, 9.17) is 11.5 Å². The van der Waals surface area contributed by atoms with Gasteiger partial charge in [0.25, 0.3) is 0 Å². The molecule has 0 saturated carbocycles. The van der Waals surface area contributed by atoms with Crippen molar-refractivity contribution in [3.63, 3.8) is 0 Å². The number of aliphatic hydroxyl groups excluding tert-OH is 4. The highest BCUT2D eigenvalue weighted by Crippen LogP contribution is 2.24. The summed E-state index contributed by atoms with van der Waals surface area (Å²) in [5.41, 5.74) is 12.6. The average molecular weight is 1530 g/mol. The van der Waals surface area contributed by atoms with Crippen LogP contribution in [0.1, 0.15) is 106 Å². The molecule has 107 heavy (non-hydrogen) atoms. The first kappa shape index (κ1) is 91.1. The number of aromatic nitrogens is 1. The third kappa shape index (κ3) is 29.0. The minimum atomic E-state index is -1.93. The number of nitrogens with zero attached hydrogens (tertiary/aromatic N) is 1. The van der Waals surface area contributed by atoms with Crippen LogP contribution in [0.4, 0.5) is 0 Å². The molecule has 0 spiro atoms. The van der Waals surface area contributed by atoms with Crippen molar-refractivity contribution in [2.45, 2.75) is 191 Å². The van der Waals surface area contributed by atoms with Crippen molar-refractivity contribution < 1.29 is 112 Å². The summed E-state index contributed by atoms with van der Waals surface area (Å²) in [5.74, 6) is -19.8. The van der Waals surface area contributed by atoms with E-state index in [1.165, 1.54) is 30.5 Å². The van der Waals surface area contributed by atoms with Crippen LogP contribution < -0.4 is 80.6 Å². The number of carbonyl (C=O) groups is 17. The number of aromatic amines is 1. The second kappa shape index (κ2) is 44.8. The van der Waals surface area contributed by atoms with Crippen LogP contribution in [0, 0.1) is 17.8 Å². The predicted octanol–water partition coefficient (Wildman–Crippen LogP) is -8.09. The van der Waals surface area contributed by atoms with Crippen molar-refractivity contribution in [3.8, 4) is 0 Å². The number of hydrogen-bond donors (Lipinski definition) is 22. The van der Waals surface area contributed by atoms with Crippen LogP contribution in [0.3, 0.4) is 0 Å². The molecule has 2 heterocycles. The van der Waals surface area contributed by atoms with Crippen molar-refractivity contribution in [2.75, 3.05) is 51.5 Å². The Hall–Kier alpha value is -10.1. The molecule has 1 saturated heterocycles. The van der Waals surface area contributed by atoms with Gasteiger partial charge in [0.2, 0.25) is 88.6 Å². The Kier molecular flexibility index (Phi) is 38.1. The van der Waals surface area contributed by atoms with E-state index >= 15 is 0 Å². The Balaban J connectivity index is 1.73. The summed E-state index contributed by atoms with van der Waals surface area (Å²) in [6.45, 7) is 7.22. The maximum atomic E-state index is 14.8. The summed E-state index contributed by atoms with van der Waals surface area (Å²) in [5, 5.41) is 89.6. The lowest BCUT2D eigenvalue weighted by Crippen LogP contribution is -2.62. The van der Waals surface area contributed by atoms with E-state index in [-0.39, 0.29) is 32.2 Å². The number of carboxylic acid groups (broad SMARTS) is 2. The molecule has 1 aromatic carbocycles. The van der Waals surface area contributed by atoms with Gasteiger partial charge in [0.1, 0.15) is 78.5 Å². The number of likely N-dealkylation sites (tertiary alicyclic amines) is 1. The second-order valence-corrected chi connectivity index (χ2v) is 27.3. The molecule has 3 rings (SSSR count). The first-order valence-corrected chi connectivity index (χ1v) is 35.9. The number of fused-ring (bicyclic) bond motifs is 1. The third-order valence-electron chi connectivity index (χ3n) is 17.2. The van der Waals surface area contributed by atoms with Crippen LogP contribution >= 0.6 is 11.8 Å². The smallest absolute Gasteiger partial charge is 0.326 e. The topological polar surface area (TPSA) is 639 Å². The Morgan fingerprint density at radius 1 is 0.570 bits per heavy atom. The molecule has 0 radical (unpaired) electrons. The van der Waals surface area contributed by atoms with Gasteiger partial charge in [0, 0.05) is 36.5 Å². The average Bonchev–Trinajstić information content (AvgIpc) is 1.68. The molecule has 1 aromatic heterocycles. The number of aliphatic carboxylic acids is 2. The third-order valence-corrected chi connectivity index (χ3v) is 17.9. The molecule has 24 N–H and O–H groups in total. The molecule has 1 fully saturated rings. The number of hydrogen-bond acceptors (Lipinski definition) is 23. The van der Waals surface area contributed by atoms with Crippen LogP contribution in [0.15, 0.2) is 30.5 Å². The Bertz CT molecular complexity index is 3490. The number of rotatable bonds is 46. The Morgan fingerprint density at radius 3 is 1.63 bits per heavy atom. The first-order valence-electron chi connectivity index (χ1n) is 34.6.